The Hall–Kier alpha value is -10.9. The average Bonchev–Trinajstić information content (AvgIpc) is 1.13. The summed E-state index contributed by atoms with van der Waals surface area (Å²) < 4.78 is 0. The number of hydrogen-bond donors (Lipinski definition) is 16. The molecular weight excluding hydrogens is 1340 g/mol. The number of hydrogen-bond acceptors (Lipinski definition) is 16. The molecule has 1 fully saturated rings. The predicted molar refractivity (Wildman–Crippen MR) is 378 cm³/mol. The number of benzene rings is 4. The van der Waals surface area contributed by atoms with Crippen LogP contribution in [0.2, 0.25) is 5.02 Å². The van der Waals surface area contributed by atoms with Gasteiger partial charge in [-0.25, -0.2) is 4.79 Å². The molecule has 0 spiro atoms. The standard InChI is InChI=1S/C70H92ClN17O14/c1-39(2)31-52(61(94)82-51(15-9-28-77-69(73)74)68(101)88-30-10-16-58(88)67(100)79-40(3)59(72)92)83-60(93)50(14-8-29-78-70(75)102)81-63(96)54(34-43-20-25-49(91)26-21-43)86-66(99)57(38-89)87-65(98)56(36-45-11-7-27-76-37-45)85-64(97)55(33-42-18-23-48(71)24-19-42)84-62(95)53(80-41(4)90)35-44-17-22-46-12-5-6-13-47(46)32-44/h5-7,11-13,17-27,32,37,39-40,50-58,89,91H,8-10,14-16,28-31,33-36,38H2,1-4H3,(H2,72,92)(H,79,100)(H,80,90)(H,81,96)(H,82,94)(H,83,93)(H,84,95)(H,85,97)(H,86,99)(H,87,98)(H4,73,74,77)(H3,75,78,102)/t40?,50-,51+,52+,53-,54+,55-,56-,57+,58+/m1/s1. The number of pyridine rings is 1. The van der Waals surface area contributed by atoms with Crippen molar-refractivity contribution in [3.05, 3.63) is 143 Å². The molecule has 1 saturated heterocycles. The van der Waals surface area contributed by atoms with Gasteiger partial charge in [-0.3, -0.25) is 62.7 Å². The number of nitrogens with one attached hydrogen (secondary N) is 10. The van der Waals surface area contributed by atoms with E-state index in [1.54, 1.807) is 50.2 Å². The molecule has 1 aliphatic heterocycles. The first-order chi connectivity index (χ1) is 48.6. The fourth-order valence-electron chi connectivity index (χ4n) is 11.4. The van der Waals surface area contributed by atoms with Crippen LogP contribution in [0.1, 0.15) is 94.9 Å². The number of aromatic hydroxyl groups is 1. The second-order valence-electron chi connectivity index (χ2n) is 25.4. The first-order valence-corrected chi connectivity index (χ1v) is 33.8. The lowest BCUT2D eigenvalue weighted by Crippen LogP contribution is -2.61. The van der Waals surface area contributed by atoms with Crippen LogP contribution in [-0.4, -0.2) is 184 Å². The molecule has 548 valence electrons. The highest BCUT2D eigenvalue weighted by molar-refractivity contribution is 6.30. The van der Waals surface area contributed by atoms with E-state index in [1.165, 1.54) is 55.4 Å². The lowest BCUT2D eigenvalue weighted by Gasteiger charge is -2.31. The number of aromatic nitrogens is 1. The number of guanidine groups is 1. The van der Waals surface area contributed by atoms with E-state index in [2.05, 4.69) is 63.1 Å². The molecule has 1 aliphatic rings. The highest BCUT2D eigenvalue weighted by Crippen LogP contribution is 2.22. The molecule has 13 amide bonds. The van der Waals surface area contributed by atoms with E-state index < -0.39 is 138 Å². The second-order valence-corrected chi connectivity index (χ2v) is 25.8. The van der Waals surface area contributed by atoms with E-state index >= 15 is 0 Å². The summed E-state index contributed by atoms with van der Waals surface area (Å²) in [6.07, 6.45) is 2.70. The number of rotatable bonds is 38. The summed E-state index contributed by atoms with van der Waals surface area (Å²) in [6, 6.07) is 13.5. The number of carbonyl (C=O) groups is 12. The van der Waals surface area contributed by atoms with Gasteiger partial charge in [-0.15, -0.1) is 0 Å². The molecule has 102 heavy (non-hydrogen) atoms. The number of primary amides is 2. The summed E-state index contributed by atoms with van der Waals surface area (Å²) in [4.78, 5) is 176. The summed E-state index contributed by atoms with van der Waals surface area (Å²) in [7, 11) is 0. The van der Waals surface area contributed by atoms with Crippen LogP contribution in [0.3, 0.4) is 0 Å². The molecule has 10 atom stereocenters. The zero-order chi connectivity index (χ0) is 74.6. The number of aliphatic imine (C=N–C) groups is 1. The molecule has 0 bridgehead atoms. The van der Waals surface area contributed by atoms with Crippen molar-refractivity contribution in [2.45, 2.75) is 159 Å². The molecule has 0 saturated carbocycles. The van der Waals surface area contributed by atoms with E-state index in [9.17, 15) is 67.7 Å². The van der Waals surface area contributed by atoms with Crippen LogP contribution in [0.15, 0.2) is 121 Å². The largest absolute Gasteiger partial charge is 0.508 e. The third-order valence-electron chi connectivity index (χ3n) is 16.7. The van der Waals surface area contributed by atoms with Gasteiger partial charge in [-0.05, 0) is 121 Å². The average molecular weight is 1430 g/mol. The number of fused-ring (bicyclic) bond motifs is 1. The van der Waals surface area contributed by atoms with Gasteiger partial charge in [0.15, 0.2) is 5.96 Å². The smallest absolute Gasteiger partial charge is 0.312 e. The Morgan fingerprint density at radius 1 is 0.569 bits per heavy atom. The van der Waals surface area contributed by atoms with E-state index in [0.29, 0.717) is 33.7 Å². The summed E-state index contributed by atoms with van der Waals surface area (Å²) in [6.45, 7) is 5.15. The van der Waals surface area contributed by atoms with Crippen molar-refractivity contribution in [1.29, 1.82) is 0 Å². The Kier molecular flexibility index (Phi) is 31.2. The molecule has 1 unspecified atom stereocenters. The summed E-state index contributed by atoms with van der Waals surface area (Å²) in [5.41, 5.74) is 23.9. The number of aliphatic hydroxyl groups is 1. The third-order valence-corrected chi connectivity index (χ3v) is 16.9. The van der Waals surface area contributed by atoms with E-state index in [4.69, 9.17) is 34.5 Å². The normalized spacial score (nSPS) is 15.2. The summed E-state index contributed by atoms with van der Waals surface area (Å²) in [5, 5.41) is 49.5. The van der Waals surface area contributed by atoms with Gasteiger partial charge in [-0.2, -0.15) is 0 Å². The van der Waals surface area contributed by atoms with Gasteiger partial charge in [0.2, 0.25) is 65.0 Å². The van der Waals surface area contributed by atoms with E-state index in [-0.39, 0.29) is 101 Å². The fraction of sp³-hybridized carbons (Fsp3) is 0.429. The van der Waals surface area contributed by atoms with Crippen molar-refractivity contribution in [2.24, 2.45) is 33.8 Å². The van der Waals surface area contributed by atoms with Crippen molar-refractivity contribution < 1.29 is 67.7 Å². The van der Waals surface area contributed by atoms with Crippen LogP contribution >= 0.6 is 11.6 Å². The zero-order valence-corrected chi connectivity index (χ0v) is 58.0. The van der Waals surface area contributed by atoms with Crippen molar-refractivity contribution in [2.75, 3.05) is 26.2 Å². The number of phenolic OH excluding ortho intramolecular Hbond substituents is 1. The molecule has 1 aromatic heterocycles. The van der Waals surface area contributed by atoms with Crippen molar-refractivity contribution in [3.8, 4) is 5.75 Å². The van der Waals surface area contributed by atoms with Crippen LogP contribution in [0.5, 0.6) is 5.75 Å². The van der Waals surface area contributed by atoms with Crippen LogP contribution in [0, 0.1) is 5.92 Å². The maximum Gasteiger partial charge on any atom is 0.312 e. The maximum absolute atomic E-state index is 14.9. The van der Waals surface area contributed by atoms with Gasteiger partial charge in [0.05, 0.1) is 6.61 Å². The Balaban J connectivity index is 1.26. The number of urea groups is 1. The Labute approximate surface area is 595 Å². The van der Waals surface area contributed by atoms with Crippen LogP contribution < -0.4 is 76.1 Å². The van der Waals surface area contributed by atoms with Gasteiger partial charge < -0.3 is 91.2 Å². The van der Waals surface area contributed by atoms with Gasteiger partial charge in [0, 0.05) is 69.7 Å². The van der Waals surface area contributed by atoms with E-state index in [0.717, 1.165) is 10.8 Å². The van der Waals surface area contributed by atoms with Gasteiger partial charge in [0.25, 0.3) is 0 Å². The minimum atomic E-state index is -1.85. The zero-order valence-electron chi connectivity index (χ0n) is 57.2. The SMILES string of the molecule is CC(=O)N[C@H](Cc1ccc2ccccc2c1)C(=O)N[C@H](Cc1ccc(Cl)cc1)C(=O)N[C@H](Cc1cccnc1)C(=O)N[C@@H](CO)C(=O)N[C@@H](Cc1ccc(O)cc1)C(=O)N[C@H](CCCNC(N)=O)C(=O)N[C@@H](CC(C)C)C(=O)N[C@@H](CCCN=C(N)N)C(=O)N1CCC[C@H]1C(=O)NC(C)C(N)=O. The number of halogens is 1. The number of aliphatic hydroxyl groups excluding tert-OH is 1. The number of amides is 13. The lowest BCUT2D eigenvalue weighted by molar-refractivity contribution is -0.142. The number of nitrogens with zero attached hydrogens (tertiary/aromatic N) is 3. The topological polar surface area (TPSA) is 498 Å². The molecule has 4 aromatic carbocycles. The Morgan fingerprint density at radius 3 is 1.63 bits per heavy atom. The molecule has 32 heteroatoms. The summed E-state index contributed by atoms with van der Waals surface area (Å²) >= 11 is 6.23. The van der Waals surface area contributed by atoms with Crippen LogP contribution in [-0.2, 0) is 78.4 Å². The number of nitrogens with two attached hydrogens (primary N) is 4. The highest BCUT2D eigenvalue weighted by atomic mass is 35.5. The Morgan fingerprint density at radius 2 is 1.07 bits per heavy atom. The number of carbonyl (C=O) groups excluding carboxylic acids is 12. The molecule has 0 radical (unpaired) electrons. The van der Waals surface area contributed by atoms with Crippen molar-refractivity contribution >= 4 is 99.3 Å². The molecule has 2 heterocycles. The minimum Gasteiger partial charge on any atom is -0.508 e. The maximum atomic E-state index is 14.9. The third kappa shape index (κ3) is 26.0. The molecule has 0 aliphatic carbocycles. The van der Waals surface area contributed by atoms with Gasteiger partial charge in [0.1, 0.15) is 66.2 Å². The monoisotopic (exact) mass is 1430 g/mol. The predicted octanol–water partition coefficient (Wildman–Crippen LogP) is -0.716. The van der Waals surface area contributed by atoms with Gasteiger partial charge in [-0.1, -0.05) is 98.2 Å². The first kappa shape index (κ1) is 80.0. The van der Waals surface area contributed by atoms with Gasteiger partial charge >= 0.3 is 6.03 Å². The highest BCUT2D eigenvalue weighted by Gasteiger charge is 2.40. The first-order valence-electron chi connectivity index (χ1n) is 33.5. The molecule has 6 rings (SSSR count). The second kappa shape index (κ2) is 39.7. The van der Waals surface area contributed by atoms with E-state index in [1.807, 2.05) is 42.5 Å². The molecule has 31 nitrogen and oxygen atoms in total. The number of likely N-dealkylation sites (tertiary alicyclic amines) is 1. The lowest BCUT2D eigenvalue weighted by atomic mass is 9.99. The molecule has 20 N–H and O–H groups in total. The molecule has 5 aromatic rings. The quantitative estimate of drug-likeness (QED) is 0.0132. The van der Waals surface area contributed by atoms with Crippen LogP contribution in [0.25, 0.3) is 10.8 Å². The fourth-order valence-corrected chi connectivity index (χ4v) is 11.5. The van der Waals surface area contributed by atoms with Crippen molar-refractivity contribution in [3.63, 3.8) is 0 Å². The molecular formula is C70H92ClN17O14. The summed E-state index contributed by atoms with van der Waals surface area (Å²) in [5.74, 6) is -9.82. The van der Waals surface area contributed by atoms with Crippen molar-refractivity contribution in [1.82, 2.24) is 63.1 Å². The number of phenols is 1. The van der Waals surface area contributed by atoms with Crippen LogP contribution in [0.4, 0.5) is 4.79 Å². The minimum absolute atomic E-state index is 0.000209. The Bertz CT molecular complexity index is 3770.